The average Bonchev–Trinajstić information content (AvgIpc) is 2.68. The summed E-state index contributed by atoms with van der Waals surface area (Å²) in [5.41, 5.74) is 1.21. The van der Waals surface area contributed by atoms with Gasteiger partial charge in [-0.2, -0.15) is 5.10 Å². The molecule has 0 saturated carbocycles. The maximum absolute atomic E-state index is 12.6. The number of para-hydroxylation sites is 1. The smallest absolute Gasteiger partial charge is 0.280 e. The zero-order valence-electron chi connectivity index (χ0n) is 15.2. The van der Waals surface area contributed by atoms with Crippen LogP contribution in [0.4, 0.5) is 5.69 Å². The Morgan fingerprint density at radius 2 is 1.70 bits per heavy atom. The number of carbonyl (C=O) groups is 1. The Kier molecular flexibility index (Phi) is 5.21. The van der Waals surface area contributed by atoms with Gasteiger partial charge in [0.25, 0.3) is 5.91 Å². The van der Waals surface area contributed by atoms with Crippen LogP contribution in [0.2, 0.25) is 0 Å². The van der Waals surface area contributed by atoms with E-state index in [2.05, 4.69) is 10.4 Å². The summed E-state index contributed by atoms with van der Waals surface area (Å²) in [6.07, 6.45) is 0. The fraction of sp³-hybridized carbons (Fsp3) is 0.150. The van der Waals surface area contributed by atoms with Crippen LogP contribution in [0, 0.1) is 6.92 Å². The third-order valence-electron chi connectivity index (χ3n) is 3.96. The van der Waals surface area contributed by atoms with E-state index in [0.717, 1.165) is 5.69 Å². The average molecular weight is 365 g/mol. The van der Waals surface area contributed by atoms with Crippen LogP contribution in [0.25, 0.3) is 5.69 Å². The molecular weight excluding hydrogens is 346 g/mol. The summed E-state index contributed by atoms with van der Waals surface area (Å²) in [5.74, 6) is 0.404. The highest BCUT2D eigenvalue weighted by Crippen LogP contribution is 2.29. The van der Waals surface area contributed by atoms with Crippen molar-refractivity contribution in [2.75, 3.05) is 19.5 Å². The SMILES string of the molecule is COc1ccc(NC(=O)c2nn(-c3ccccc3)c(C)cc2=O)cc1OC. The molecule has 3 aromatic rings. The maximum atomic E-state index is 12.6. The number of anilines is 1. The molecule has 0 atom stereocenters. The Balaban J connectivity index is 1.94. The molecule has 0 unspecified atom stereocenters. The monoisotopic (exact) mass is 365 g/mol. The quantitative estimate of drug-likeness (QED) is 0.752. The molecule has 0 aliphatic heterocycles. The van der Waals surface area contributed by atoms with E-state index in [4.69, 9.17) is 9.47 Å². The van der Waals surface area contributed by atoms with Gasteiger partial charge in [-0.3, -0.25) is 9.59 Å². The van der Waals surface area contributed by atoms with E-state index in [1.54, 1.807) is 29.8 Å². The lowest BCUT2D eigenvalue weighted by molar-refractivity contribution is 0.101. The van der Waals surface area contributed by atoms with Gasteiger partial charge in [-0.25, -0.2) is 4.68 Å². The van der Waals surface area contributed by atoms with Crippen molar-refractivity contribution in [3.05, 3.63) is 76.2 Å². The molecule has 7 heteroatoms. The molecule has 0 spiro atoms. The highest BCUT2D eigenvalue weighted by Gasteiger charge is 2.16. The Morgan fingerprint density at radius 3 is 2.37 bits per heavy atom. The van der Waals surface area contributed by atoms with E-state index in [9.17, 15) is 9.59 Å². The molecular formula is C20H19N3O4. The van der Waals surface area contributed by atoms with E-state index in [0.29, 0.717) is 22.9 Å². The largest absolute Gasteiger partial charge is 0.493 e. The Morgan fingerprint density at radius 1 is 1.00 bits per heavy atom. The molecule has 0 aliphatic carbocycles. The number of hydrogen-bond acceptors (Lipinski definition) is 5. The number of nitrogens with one attached hydrogen (secondary N) is 1. The van der Waals surface area contributed by atoms with E-state index in [-0.39, 0.29) is 5.69 Å². The zero-order valence-corrected chi connectivity index (χ0v) is 15.2. The third-order valence-corrected chi connectivity index (χ3v) is 3.96. The minimum atomic E-state index is -0.600. The first kappa shape index (κ1) is 18.2. The number of amides is 1. The van der Waals surface area contributed by atoms with E-state index < -0.39 is 11.3 Å². The van der Waals surface area contributed by atoms with Crippen molar-refractivity contribution >= 4 is 11.6 Å². The number of hydrogen-bond donors (Lipinski definition) is 1. The van der Waals surface area contributed by atoms with Crippen molar-refractivity contribution in [3.63, 3.8) is 0 Å². The first-order valence-electron chi connectivity index (χ1n) is 8.23. The van der Waals surface area contributed by atoms with Crippen LogP contribution >= 0.6 is 0 Å². The number of ether oxygens (including phenoxy) is 2. The van der Waals surface area contributed by atoms with Crippen molar-refractivity contribution in [2.24, 2.45) is 0 Å². The van der Waals surface area contributed by atoms with Crippen molar-refractivity contribution in [1.82, 2.24) is 9.78 Å². The normalized spacial score (nSPS) is 10.3. The van der Waals surface area contributed by atoms with Gasteiger partial charge in [0, 0.05) is 23.5 Å². The van der Waals surface area contributed by atoms with Gasteiger partial charge in [0.05, 0.1) is 19.9 Å². The van der Waals surface area contributed by atoms with Crippen LogP contribution < -0.4 is 20.2 Å². The lowest BCUT2D eigenvalue weighted by Crippen LogP contribution is -2.26. The molecule has 0 radical (unpaired) electrons. The summed E-state index contributed by atoms with van der Waals surface area (Å²) in [4.78, 5) is 24.9. The van der Waals surface area contributed by atoms with E-state index in [1.807, 2.05) is 30.3 Å². The highest BCUT2D eigenvalue weighted by molar-refractivity contribution is 6.02. The molecule has 0 saturated heterocycles. The van der Waals surface area contributed by atoms with Crippen molar-refractivity contribution in [3.8, 4) is 17.2 Å². The molecule has 2 aromatic carbocycles. The lowest BCUT2D eigenvalue weighted by atomic mass is 10.2. The van der Waals surface area contributed by atoms with Crippen LogP contribution in [0.5, 0.6) is 11.5 Å². The molecule has 138 valence electrons. The van der Waals surface area contributed by atoms with E-state index >= 15 is 0 Å². The molecule has 0 aliphatic rings. The number of carbonyl (C=O) groups excluding carboxylic acids is 1. The Labute approximate surface area is 156 Å². The molecule has 3 rings (SSSR count). The molecule has 0 fully saturated rings. The van der Waals surface area contributed by atoms with Gasteiger partial charge >= 0.3 is 0 Å². The predicted octanol–water partition coefficient (Wildman–Crippen LogP) is 2.81. The lowest BCUT2D eigenvalue weighted by Gasteiger charge is -2.12. The van der Waals surface area contributed by atoms with Gasteiger partial charge in [0.15, 0.2) is 17.2 Å². The summed E-state index contributed by atoms with van der Waals surface area (Å²) in [5, 5.41) is 6.92. The molecule has 7 nitrogen and oxygen atoms in total. The third kappa shape index (κ3) is 3.82. The Hall–Kier alpha value is -3.61. The molecule has 0 bridgehead atoms. The van der Waals surface area contributed by atoms with Crippen LogP contribution in [0.3, 0.4) is 0 Å². The predicted molar refractivity (Wildman–Crippen MR) is 102 cm³/mol. The van der Waals surface area contributed by atoms with E-state index in [1.165, 1.54) is 20.3 Å². The molecule has 1 amide bonds. The fourth-order valence-corrected chi connectivity index (χ4v) is 2.64. The first-order chi connectivity index (χ1) is 13.0. The minimum absolute atomic E-state index is 0.195. The topological polar surface area (TPSA) is 82.5 Å². The van der Waals surface area contributed by atoms with Crippen LogP contribution in [0.1, 0.15) is 16.2 Å². The molecule has 1 aromatic heterocycles. The number of aryl methyl sites for hydroxylation is 1. The first-order valence-corrected chi connectivity index (χ1v) is 8.23. The van der Waals surface area contributed by atoms with Gasteiger partial charge < -0.3 is 14.8 Å². The maximum Gasteiger partial charge on any atom is 0.280 e. The second-order valence-electron chi connectivity index (χ2n) is 5.77. The van der Waals surface area contributed by atoms with Gasteiger partial charge in [-0.1, -0.05) is 18.2 Å². The summed E-state index contributed by atoms with van der Waals surface area (Å²) in [7, 11) is 3.03. The van der Waals surface area contributed by atoms with Crippen LogP contribution in [-0.4, -0.2) is 29.9 Å². The molecule has 1 N–H and O–H groups in total. The molecule has 27 heavy (non-hydrogen) atoms. The van der Waals surface area contributed by atoms with Gasteiger partial charge in [0.2, 0.25) is 5.43 Å². The van der Waals surface area contributed by atoms with Gasteiger partial charge in [0.1, 0.15) is 0 Å². The second-order valence-corrected chi connectivity index (χ2v) is 5.77. The zero-order chi connectivity index (χ0) is 19.4. The number of benzene rings is 2. The standard InChI is InChI=1S/C20H19N3O4/c1-13-11-16(24)19(22-23(13)15-7-5-4-6-8-15)20(25)21-14-9-10-17(26-2)18(12-14)27-3/h4-12H,1-3H3,(H,21,25). The van der Waals surface area contributed by atoms with Crippen molar-refractivity contribution in [1.29, 1.82) is 0 Å². The Bertz CT molecular complexity index is 1030. The summed E-state index contributed by atoms with van der Waals surface area (Å²) < 4.78 is 12.0. The van der Waals surface area contributed by atoms with Gasteiger partial charge in [-0.05, 0) is 31.2 Å². The molecule has 1 heterocycles. The summed E-state index contributed by atoms with van der Waals surface area (Å²) >= 11 is 0. The number of aromatic nitrogens is 2. The second kappa shape index (κ2) is 7.74. The minimum Gasteiger partial charge on any atom is -0.493 e. The van der Waals surface area contributed by atoms with Crippen LogP contribution in [0.15, 0.2) is 59.4 Å². The van der Waals surface area contributed by atoms with Crippen molar-refractivity contribution in [2.45, 2.75) is 6.92 Å². The van der Waals surface area contributed by atoms with Crippen LogP contribution in [-0.2, 0) is 0 Å². The number of rotatable bonds is 5. The summed E-state index contributed by atoms with van der Waals surface area (Å²) in [6, 6.07) is 15.6. The number of nitrogens with zero attached hydrogens (tertiary/aromatic N) is 2. The summed E-state index contributed by atoms with van der Waals surface area (Å²) in [6.45, 7) is 1.76. The highest BCUT2D eigenvalue weighted by atomic mass is 16.5. The van der Waals surface area contributed by atoms with Gasteiger partial charge in [-0.15, -0.1) is 0 Å². The van der Waals surface area contributed by atoms with Crippen molar-refractivity contribution < 1.29 is 14.3 Å². The number of methoxy groups -OCH3 is 2. The fourth-order valence-electron chi connectivity index (χ4n) is 2.64.